The number of carboxylic acid groups (broad SMARTS) is 1. The van der Waals surface area contributed by atoms with Crippen LogP contribution in [0, 0.1) is 12.8 Å². The molecule has 7 heteroatoms. The van der Waals surface area contributed by atoms with Crippen molar-refractivity contribution in [2.24, 2.45) is 5.92 Å². The van der Waals surface area contributed by atoms with Gasteiger partial charge >= 0.3 is 5.97 Å². The summed E-state index contributed by atoms with van der Waals surface area (Å²) in [5, 5.41) is 14.8. The second-order valence-corrected chi connectivity index (χ2v) is 10.6. The van der Waals surface area contributed by atoms with E-state index in [1.54, 1.807) is 12.1 Å². The van der Waals surface area contributed by atoms with Crippen LogP contribution in [0.25, 0.3) is 11.0 Å². The first-order valence-electron chi connectivity index (χ1n) is 14.1. The van der Waals surface area contributed by atoms with E-state index >= 15 is 0 Å². The van der Waals surface area contributed by atoms with Crippen molar-refractivity contribution in [1.82, 2.24) is 5.32 Å². The molecule has 3 aromatic carbocycles. The summed E-state index contributed by atoms with van der Waals surface area (Å²) in [5.41, 5.74) is 4.68. The highest BCUT2D eigenvalue weighted by molar-refractivity contribution is 5.94. The molecule has 208 valence electrons. The van der Waals surface area contributed by atoms with E-state index in [1.807, 2.05) is 42.5 Å². The molecule has 7 nitrogen and oxygen atoms in total. The molecule has 1 unspecified atom stereocenters. The maximum absolute atomic E-state index is 12.4. The Bertz CT molecular complexity index is 1440. The van der Waals surface area contributed by atoms with Crippen molar-refractivity contribution in [3.8, 4) is 5.75 Å². The number of fused-ring (bicyclic) bond motifs is 1. The minimum absolute atomic E-state index is 0.0990. The maximum atomic E-state index is 12.4. The van der Waals surface area contributed by atoms with Gasteiger partial charge in [0.25, 0.3) is 5.91 Å². The number of carbonyl (C=O) groups excluding carboxylic acids is 1. The number of nitrogens with two attached hydrogens (primary N) is 1. The van der Waals surface area contributed by atoms with Gasteiger partial charge in [-0.25, -0.2) is 0 Å². The van der Waals surface area contributed by atoms with Gasteiger partial charge in [-0.2, -0.15) is 0 Å². The zero-order chi connectivity index (χ0) is 27.9. The lowest BCUT2D eigenvalue weighted by molar-refractivity contribution is -0.630. The third-order valence-electron chi connectivity index (χ3n) is 7.82. The molecule has 1 amide bonds. The minimum Gasteiger partial charge on any atom is -0.489 e. The van der Waals surface area contributed by atoms with Gasteiger partial charge in [0.05, 0.1) is 6.42 Å². The largest absolute Gasteiger partial charge is 0.489 e. The fraction of sp³-hybridized carbons (Fsp3) is 0.333. The van der Waals surface area contributed by atoms with E-state index in [-0.39, 0.29) is 24.9 Å². The Morgan fingerprint density at radius 2 is 1.77 bits per heavy atom. The molecule has 4 aromatic rings. The molecule has 1 saturated carbocycles. The zero-order valence-corrected chi connectivity index (χ0v) is 22.9. The molecule has 0 saturated heterocycles. The minimum atomic E-state index is -0.934. The second kappa shape index (κ2) is 12.8. The molecule has 0 radical (unpaired) electrons. The lowest BCUT2D eigenvalue weighted by atomic mass is 9.82. The number of rotatable bonds is 11. The number of ether oxygens (including phenoxy) is 1. The first-order chi connectivity index (χ1) is 19.5. The third kappa shape index (κ3) is 6.72. The second-order valence-electron chi connectivity index (χ2n) is 10.6. The fourth-order valence-electron chi connectivity index (χ4n) is 5.62. The summed E-state index contributed by atoms with van der Waals surface area (Å²) in [6.45, 7) is 2.76. The van der Waals surface area contributed by atoms with E-state index in [4.69, 9.17) is 14.3 Å². The molecule has 4 N–H and O–H groups in total. The average molecular weight is 542 g/mol. The van der Waals surface area contributed by atoms with Gasteiger partial charge in [-0.3, -0.25) is 9.59 Å². The number of furan rings is 1. The highest BCUT2D eigenvalue weighted by atomic mass is 16.5. The summed E-state index contributed by atoms with van der Waals surface area (Å²) in [6, 6.07) is 23.8. The number of hydrogen-bond donors (Lipinski definition) is 3. The first kappa shape index (κ1) is 27.5. The van der Waals surface area contributed by atoms with Crippen LogP contribution in [0.2, 0.25) is 0 Å². The Kier molecular flexibility index (Phi) is 8.81. The van der Waals surface area contributed by atoms with Crippen LogP contribution in [0.3, 0.4) is 0 Å². The monoisotopic (exact) mass is 541 g/mol. The van der Waals surface area contributed by atoms with Crippen LogP contribution in [0.4, 0.5) is 5.69 Å². The zero-order valence-electron chi connectivity index (χ0n) is 22.9. The van der Waals surface area contributed by atoms with Crippen LogP contribution in [-0.4, -0.2) is 23.5 Å². The number of hydrogen-bond acceptors (Lipinski definition) is 4. The quantitative estimate of drug-likeness (QED) is 0.201. The molecular weight excluding hydrogens is 504 g/mol. The predicted octanol–water partition coefficient (Wildman–Crippen LogP) is 6.04. The predicted molar refractivity (Wildman–Crippen MR) is 154 cm³/mol. The summed E-state index contributed by atoms with van der Waals surface area (Å²) in [5.74, 6) is 1.10. The molecule has 0 aliphatic heterocycles. The van der Waals surface area contributed by atoms with Gasteiger partial charge in [-0.05, 0) is 67.8 Å². The van der Waals surface area contributed by atoms with E-state index in [9.17, 15) is 9.59 Å². The normalized spacial score (nSPS) is 14.6. The van der Waals surface area contributed by atoms with Crippen molar-refractivity contribution in [3.05, 3.63) is 95.2 Å². The highest BCUT2D eigenvalue weighted by Gasteiger charge is 2.33. The molecule has 1 atom stereocenters. The van der Waals surface area contributed by atoms with Crippen molar-refractivity contribution in [3.63, 3.8) is 0 Å². The fourth-order valence-corrected chi connectivity index (χ4v) is 5.62. The van der Waals surface area contributed by atoms with E-state index in [1.165, 1.54) is 19.3 Å². The van der Waals surface area contributed by atoms with E-state index in [0.29, 0.717) is 18.1 Å². The number of carboxylic acids is 1. The summed E-state index contributed by atoms with van der Waals surface area (Å²) in [6.07, 6.45) is 5.94. The Balaban J connectivity index is 1.35. The Morgan fingerprint density at radius 3 is 2.50 bits per heavy atom. The number of benzene rings is 3. The van der Waals surface area contributed by atoms with Crippen molar-refractivity contribution in [2.45, 2.75) is 58.1 Å². The molecule has 1 heterocycles. The van der Waals surface area contributed by atoms with Crippen molar-refractivity contribution >= 4 is 28.5 Å². The highest BCUT2D eigenvalue weighted by Crippen LogP contribution is 2.38. The lowest BCUT2D eigenvalue weighted by Crippen LogP contribution is -2.81. The number of amides is 1. The van der Waals surface area contributed by atoms with E-state index in [2.05, 4.69) is 35.8 Å². The number of aliphatic carboxylic acids is 1. The van der Waals surface area contributed by atoms with Crippen LogP contribution in [-0.2, 0) is 11.4 Å². The first-order valence-corrected chi connectivity index (χ1v) is 14.1. The number of nitrogens with one attached hydrogen (secondary N) is 1. The molecule has 0 spiro atoms. The van der Waals surface area contributed by atoms with Crippen molar-refractivity contribution < 1.29 is 29.2 Å². The van der Waals surface area contributed by atoms with Crippen LogP contribution in [0.5, 0.6) is 5.75 Å². The van der Waals surface area contributed by atoms with Gasteiger partial charge in [0.2, 0.25) is 0 Å². The Morgan fingerprint density at radius 1 is 1.02 bits per heavy atom. The topological polar surface area (TPSA) is 105 Å². The lowest BCUT2D eigenvalue weighted by Gasteiger charge is -2.27. The van der Waals surface area contributed by atoms with Gasteiger partial charge in [0.15, 0.2) is 11.8 Å². The van der Waals surface area contributed by atoms with Gasteiger partial charge in [0, 0.05) is 29.0 Å². The summed E-state index contributed by atoms with van der Waals surface area (Å²) in [4.78, 5) is 23.1. The SMILES string of the molecule is Cc1c(C([NH2+]c2ccc(C(=O)NCCC(=O)O)cc2)C2CCCCC2)oc2ccc(OCc3ccccc3)cc12. The Labute approximate surface area is 234 Å². The van der Waals surface area contributed by atoms with Crippen molar-refractivity contribution in [1.29, 1.82) is 0 Å². The van der Waals surface area contributed by atoms with Gasteiger partial charge in [-0.15, -0.1) is 0 Å². The Hall–Kier alpha value is -4.10. The van der Waals surface area contributed by atoms with E-state index < -0.39 is 5.97 Å². The van der Waals surface area contributed by atoms with Crippen molar-refractivity contribution in [2.75, 3.05) is 6.54 Å². The molecule has 1 aliphatic rings. The smallest absolute Gasteiger partial charge is 0.305 e. The average Bonchev–Trinajstić information content (AvgIpc) is 3.31. The maximum Gasteiger partial charge on any atom is 0.305 e. The molecule has 1 aromatic heterocycles. The molecule has 1 aliphatic carbocycles. The van der Waals surface area contributed by atoms with E-state index in [0.717, 1.165) is 52.1 Å². The van der Waals surface area contributed by atoms with Crippen LogP contribution in [0.15, 0.2) is 77.2 Å². The standard InChI is InChI=1S/C33H36N2O5/c1-22-28-20-27(39-21-23-8-4-2-5-9-23)16-17-29(28)40-32(22)31(24-10-6-3-7-11-24)35-26-14-12-25(13-15-26)33(38)34-19-18-30(36)37/h2,4-5,8-9,12-17,20,24,31,35H,3,6-7,10-11,18-19,21H2,1H3,(H,34,38)(H,36,37)/p+1. The summed E-state index contributed by atoms with van der Waals surface area (Å²) in [7, 11) is 0. The number of aryl methyl sites for hydroxylation is 1. The van der Waals surface area contributed by atoms with Crippen LogP contribution in [0.1, 0.15) is 71.8 Å². The van der Waals surface area contributed by atoms with Gasteiger partial charge in [-0.1, -0.05) is 49.6 Å². The summed E-state index contributed by atoms with van der Waals surface area (Å²) < 4.78 is 12.6. The molecule has 1 fully saturated rings. The molecule has 5 rings (SSSR count). The number of carbonyl (C=O) groups is 2. The van der Waals surface area contributed by atoms with Crippen LogP contribution < -0.4 is 15.4 Å². The van der Waals surface area contributed by atoms with Crippen LogP contribution >= 0.6 is 0 Å². The number of quaternary nitrogens is 1. The molecule has 0 bridgehead atoms. The summed E-state index contributed by atoms with van der Waals surface area (Å²) >= 11 is 0. The third-order valence-corrected chi connectivity index (χ3v) is 7.82. The molecular formula is C33H37N2O5+. The van der Waals surface area contributed by atoms with Gasteiger partial charge < -0.3 is 24.9 Å². The molecule has 40 heavy (non-hydrogen) atoms. The van der Waals surface area contributed by atoms with Gasteiger partial charge in [0.1, 0.15) is 23.6 Å².